The van der Waals surface area contributed by atoms with Crippen molar-refractivity contribution in [2.45, 2.75) is 30.0 Å². The maximum atomic E-state index is 12.2. The van der Waals surface area contributed by atoms with Crippen molar-refractivity contribution in [2.24, 2.45) is 5.92 Å². The lowest BCUT2D eigenvalue weighted by Gasteiger charge is -2.15. The minimum absolute atomic E-state index is 0.232. The highest BCUT2D eigenvalue weighted by Gasteiger charge is 2.31. The van der Waals surface area contributed by atoms with Crippen LogP contribution < -0.4 is 4.72 Å². The molecule has 1 fully saturated rings. The molecule has 5 nitrogen and oxygen atoms in total. The molecule has 1 saturated carbocycles. The number of thiophene rings is 1. The molecule has 0 aliphatic heterocycles. The summed E-state index contributed by atoms with van der Waals surface area (Å²) in [6, 6.07) is 5.25. The Bertz CT molecular complexity index is 657. The lowest BCUT2D eigenvalue weighted by atomic mass is 10.2. The smallest absolute Gasteiger partial charge is 0.263 e. The second kappa shape index (κ2) is 4.64. The van der Waals surface area contributed by atoms with Gasteiger partial charge in [0.2, 0.25) is 0 Å². The molecule has 1 unspecified atom stereocenters. The van der Waals surface area contributed by atoms with Crippen LogP contribution in [0.5, 0.6) is 0 Å². The van der Waals surface area contributed by atoms with E-state index < -0.39 is 10.0 Å². The summed E-state index contributed by atoms with van der Waals surface area (Å²) in [6.07, 6.45) is 4.02. The summed E-state index contributed by atoms with van der Waals surface area (Å²) in [4.78, 5) is 0. The zero-order valence-corrected chi connectivity index (χ0v) is 12.1. The fraction of sp³-hybridized carbons (Fsp3) is 0.417. The molecule has 2 aromatic heterocycles. The first-order chi connectivity index (χ1) is 9.08. The topological polar surface area (TPSA) is 64.0 Å². The van der Waals surface area contributed by atoms with Crippen LogP contribution in [-0.2, 0) is 10.0 Å². The average molecular weight is 297 g/mol. The number of hydrogen-bond acceptors (Lipinski definition) is 4. The summed E-state index contributed by atoms with van der Waals surface area (Å²) < 4.78 is 29.1. The van der Waals surface area contributed by atoms with E-state index in [9.17, 15) is 8.42 Å². The summed E-state index contributed by atoms with van der Waals surface area (Å²) in [6.45, 7) is 2.08. The summed E-state index contributed by atoms with van der Waals surface area (Å²) in [5.74, 6) is 1.15. The number of nitrogens with zero attached hydrogens (tertiary/aromatic N) is 2. The van der Waals surface area contributed by atoms with Gasteiger partial charge >= 0.3 is 0 Å². The zero-order valence-electron chi connectivity index (χ0n) is 10.5. The predicted molar refractivity (Wildman–Crippen MR) is 74.8 cm³/mol. The van der Waals surface area contributed by atoms with Gasteiger partial charge in [0, 0.05) is 6.07 Å². The van der Waals surface area contributed by atoms with E-state index in [0.717, 1.165) is 0 Å². The molecule has 2 heterocycles. The number of hydrogen-bond donors (Lipinski definition) is 1. The monoisotopic (exact) mass is 297 g/mol. The highest BCUT2D eigenvalue weighted by molar-refractivity contribution is 7.94. The van der Waals surface area contributed by atoms with Crippen LogP contribution in [-0.4, -0.2) is 18.2 Å². The molecule has 19 heavy (non-hydrogen) atoms. The van der Waals surface area contributed by atoms with Crippen molar-refractivity contribution >= 4 is 27.2 Å². The van der Waals surface area contributed by atoms with Gasteiger partial charge in [-0.05, 0) is 37.1 Å². The predicted octanol–water partition coefficient (Wildman–Crippen LogP) is 2.72. The first kappa shape index (κ1) is 12.7. The minimum atomic E-state index is -3.49. The zero-order chi connectivity index (χ0) is 13.5. The molecule has 1 aliphatic rings. The van der Waals surface area contributed by atoms with Gasteiger partial charge in [-0.15, -0.1) is 11.3 Å². The molecule has 3 rings (SSSR count). The van der Waals surface area contributed by atoms with Crippen molar-refractivity contribution in [2.75, 3.05) is 4.72 Å². The lowest BCUT2D eigenvalue weighted by Crippen LogP contribution is -2.18. The number of sulfonamides is 1. The van der Waals surface area contributed by atoms with E-state index in [1.807, 2.05) is 0 Å². The standard InChI is InChI=1S/C12H15N3O2S2/c1-9(10-4-5-10)15-11(6-7-13-15)14-19(16,17)12-3-2-8-18-12/h2-3,6-10,14H,4-5H2,1H3. The van der Waals surface area contributed by atoms with E-state index in [2.05, 4.69) is 16.7 Å². The first-order valence-electron chi connectivity index (χ1n) is 6.18. The first-order valence-corrected chi connectivity index (χ1v) is 8.54. The molecule has 2 aromatic rings. The summed E-state index contributed by atoms with van der Waals surface area (Å²) in [5.41, 5.74) is 0. The molecular weight excluding hydrogens is 282 g/mol. The van der Waals surface area contributed by atoms with Gasteiger partial charge in [0.25, 0.3) is 10.0 Å². The van der Waals surface area contributed by atoms with Crippen molar-refractivity contribution in [3.05, 3.63) is 29.8 Å². The molecule has 0 amide bonds. The van der Waals surface area contributed by atoms with Gasteiger partial charge < -0.3 is 0 Å². The van der Waals surface area contributed by atoms with Crippen LogP contribution in [0.1, 0.15) is 25.8 Å². The number of anilines is 1. The molecule has 7 heteroatoms. The average Bonchev–Trinajstić information content (AvgIpc) is 2.89. The summed E-state index contributed by atoms with van der Waals surface area (Å²) in [5, 5.41) is 5.98. The second-order valence-corrected chi connectivity index (χ2v) is 7.63. The number of rotatable bonds is 5. The Labute approximate surface area is 116 Å². The van der Waals surface area contributed by atoms with Crippen LogP contribution in [0.15, 0.2) is 34.0 Å². The Hall–Kier alpha value is -1.34. The summed E-state index contributed by atoms with van der Waals surface area (Å²) >= 11 is 1.20. The van der Waals surface area contributed by atoms with E-state index in [0.29, 0.717) is 15.9 Å². The van der Waals surface area contributed by atoms with E-state index in [-0.39, 0.29) is 6.04 Å². The van der Waals surface area contributed by atoms with Gasteiger partial charge in [0.1, 0.15) is 10.0 Å². The third-order valence-corrected chi connectivity index (χ3v) is 6.11. The van der Waals surface area contributed by atoms with Crippen LogP contribution in [0.2, 0.25) is 0 Å². The lowest BCUT2D eigenvalue weighted by molar-refractivity contribution is 0.446. The Balaban J connectivity index is 1.86. The maximum absolute atomic E-state index is 12.2. The van der Waals surface area contributed by atoms with Crippen molar-refractivity contribution in [1.29, 1.82) is 0 Å². The second-order valence-electron chi connectivity index (χ2n) is 4.78. The van der Waals surface area contributed by atoms with Crippen LogP contribution in [0.4, 0.5) is 5.82 Å². The number of aromatic nitrogens is 2. The third kappa shape index (κ3) is 2.52. The summed E-state index contributed by atoms with van der Waals surface area (Å²) in [7, 11) is -3.49. The number of nitrogens with one attached hydrogen (secondary N) is 1. The van der Waals surface area contributed by atoms with Crippen LogP contribution in [0, 0.1) is 5.92 Å². The molecule has 1 aliphatic carbocycles. The van der Waals surface area contributed by atoms with Crippen LogP contribution in [0.25, 0.3) is 0 Å². The molecule has 0 radical (unpaired) electrons. The SMILES string of the molecule is CC(C1CC1)n1nccc1NS(=O)(=O)c1cccs1. The van der Waals surface area contributed by atoms with Crippen LogP contribution in [0.3, 0.4) is 0 Å². The largest absolute Gasteiger partial charge is 0.272 e. The Morgan fingerprint density at radius 1 is 1.47 bits per heavy atom. The van der Waals surface area contributed by atoms with Gasteiger partial charge in [-0.1, -0.05) is 6.07 Å². The quantitative estimate of drug-likeness (QED) is 0.923. The Kier molecular flexibility index (Phi) is 3.10. The third-order valence-electron chi connectivity index (χ3n) is 3.36. The van der Waals surface area contributed by atoms with Gasteiger partial charge in [-0.3, -0.25) is 4.72 Å². The van der Waals surface area contributed by atoms with E-state index in [1.165, 1.54) is 24.2 Å². The van der Waals surface area contributed by atoms with Gasteiger partial charge in [0.15, 0.2) is 0 Å². The van der Waals surface area contributed by atoms with E-state index in [4.69, 9.17) is 0 Å². The van der Waals surface area contributed by atoms with Gasteiger partial charge in [-0.2, -0.15) is 5.10 Å². The van der Waals surface area contributed by atoms with Gasteiger partial charge in [0.05, 0.1) is 12.2 Å². The molecule has 1 N–H and O–H groups in total. The molecule has 0 spiro atoms. The highest BCUT2D eigenvalue weighted by Crippen LogP contribution is 2.40. The Morgan fingerprint density at radius 3 is 2.89 bits per heavy atom. The van der Waals surface area contributed by atoms with Crippen molar-refractivity contribution in [3.8, 4) is 0 Å². The maximum Gasteiger partial charge on any atom is 0.272 e. The molecule has 0 aromatic carbocycles. The normalized spacial score (nSPS) is 17.3. The van der Waals surface area contributed by atoms with E-state index >= 15 is 0 Å². The van der Waals surface area contributed by atoms with Crippen molar-refractivity contribution in [1.82, 2.24) is 9.78 Å². The molecule has 1 atom stereocenters. The Morgan fingerprint density at radius 2 is 2.26 bits per heavy atom. The van der Waals surface area contributed by atoms with Crippen LogP contribution >= 0.6 is 11.3 Å². The minimum Gasteiger partial charge on any atom is -0.263 e. The molecule has 0 bridgehead atoms. The molecular formula is C12H15N3O2S2. The van der Waals surface area contributed by atoms with E-state index in [1.54, 1.807) is 34.5 Å². The fourth-order valence-electron chi connectivity index (χ4n) is 2.10. The highest BCUT2D eigenvalue weighted by atomic mass is 32.2. The fourth-order valence-corrected chi connectivity index (χ4v) is 4.14. The van der Waals surface area contributed by atoms with Crippen molar-refractivity contribution < 1.29 is 8.42 Å². The molecule has 102 valence electrons. The van der Waals surface area contributed by atoms with Crippen molar-refractivity contribution in [3.63, 3.8) is 0 Å². The van der Waals surface area contributed by atoms with Gasteiger partial charge in [-0.25, -0.2) is 13.1 Å². The molecule has 0 saturated heterocycles.